The smallest absolute Gasteiger partial charge is 0.410 e. The molecule has 0 unspecified atom stereocenters. The summed E-state index contributed by atoms with van der Waals surface area (Å²) in [6.07, 6.45) is 1.38. The van der Waals surface area contributed by atoms with Crippen molar-refractivity contribution in [2.75, 3.05) is 13.1 Å². The number of benzene rings is 1. The van der Waals surface area contributed by atoms with Crippen LogP contribution >= 0.6 is 11.6 Å². The lowest BCUT2D eigenvalue weighted by molar-refractivity contribution is 0.0205. The summed E-state index contributed by atoms with van der Waals surface area (Å²) in [5.41, 5.74) is 0.489. The van der Waals surface area contributed by atoms with Gasteiger partial charge in [-0.2, -0.15) is 0 Å². The van der Waals surface area contributed by atoms with Crippen molar-refractivity contribution >= 4 is 17.7 Å². The fourth-order valence-electron chi connectivity index (χ4n) is 2.55. The molecule has 116 valence electrons. The van der Waals surface area contributed by atoms with E-state index in [2.05, 4.69) is 0 Å². The summed E-state index contributed by atoms with van der Waals surface area (Å²) < 4.78 is 5.38. The Morgan fingerprint density at radius 2 is 1.95 bits per heavy atom. The fourth-order valence-corrected chi connectivity index (χ4v) is 2.83. The number of hydrogen-bond acceptors (Lipinski definition) is 3. The van der Waals surface area contributed by atoms with Gasteiger partial charge in [-0.25, -0.2) is 4.79 Å². The second kappa shape index (κ2) is 6.14. The van der Waals surface area contributed by atoms with Crippen molar-refractivity contribution in [1.29, 1.82) is 0 Å². The van der Waals surface area contributed by atoms with Gasteiger partial charge in [-0.15, -0.1) is 0 Å². The molecule has 4 nitrogen and oxygen atoms in total. The number of phenols is 1. The Hall–Kier alpha value is -1.42. The molecule has 0 radical (unpaired) electrons. The minimum atomic E-state index is -0.470. The van der Waals surface area contributed by atoms with Gasteiger partial charge in [0.1, 0.15) is 11.4 Å². The van der Waals surface area contributed by atoms with Gasteiger partial charge in [-0.3, -0.25) is 0 Å². The number of aromatic hydroxyl groups is 1. The molecular weight excluding hydrogens is 290 g/mol. The third-order valence-electron chi connectivity index (χ3n) is 3.59. The Kier molecular flexibility index (Phi) is 4.67. The number of amides is 1. The number of rotatable bonds is 1. The lowest BCUT2D eigenvalue weighted by Crippen LogP contribution is -2.41. The van der Waals surface area contributed by atoms with Gasteiger partial charge in [-0.1, -0.05) is 23.7 Å². The summed E-state index contributed by atoms with van der Waals surface area (Å²) in [7, 11) is 0. The van der Waals surface area contributed by atoms with Crippen LogP contribution in [-0.4, -0.2) is 34.8 Å². The minimum absolute atomic E-state index is 0.115. The van der Waals surface area contributed by atoms with Crippen molar-refractivity contribution in [3.63, 3.8) is 0 Å². The highest BCUT2D eigenvalue weighted by atomic mass is 35.5. The molecule has 0 saturated carbocycles. The molecular formula is C16H22ClNO3. The standard InChI is InChI=1S/C16H22ClNO3/c1-16(2,3)21-15(20)18-9-7-11(8-10-18)12-5-4-6-13(19)14(12)17/h4-6,11,19H,7-10H2,1-3H3. The number of carbonyl (C=O) groups is 1. The molecule has 0 atom stereocenters. The highest BCUT2D eigenvalue weighted by Crippen LogP contribution is 2.37. The van der Waals surface area contributed by atoms with E-state index in [1.165, 1.54) is 0 Å². The van der Waals surface area contributed by atoms with Gasteiger partial charge in [0.2, 0.25) is 0 Å². The molecule has 5 heteroatoms. The number of hydrogen-bond donors (Lipinski definition) is 1. The monoisotopic (exact) mass is 311 g/mol. The highest BCUT2D eigenvalue weighted by molar-refractivity contribution is 6.32. The molecule has 1 aliphatic heterocycles. The van der Waals surface area contributed by atoms with Gasteiger partial charge in [0.25, 0.3) is 0 Å². The van der Waals surface area contributed by atoms with E-state index >= 15 is 0 Å². The largest absolute Gasteiger partial charge is 0.506 e. The van der Waals surface area contributed by atoms with Crippen LogP contribution in [0.15, 0.2) is 18.2 Å². The number of likely N-dealkylation sites (tertiary alicyclic amines) is 1. The molecule has 1 aliphatic rings. The number of halogens is 1. The number of carbonyl (C=O) groups excluding carboxylic acids is 1. The molecule has 0 bridgehead atoms. The van der Waals surface area contributed by atoms with Crippen LogP contribution in [-0.2, 0) is 4.74 Å². The molecule has 1 fully saturated rings. The van der Waals surface area contributed by atoms with Crippen LogP contribution in [0.2, 0.25) is 5.02 Å². The zero-order valence-electron chi connectivity index (χ0n) is 12.7. The number of piperidine rings is 1. The zero-order chi connectivity index (χ0) is 15.6. The molecule has 0 aliphatic carbocycles. The average molecular weight is 312 g/mol. The first kappa shape index (κ1) is 16.0. The third-order valence-corrected chi connectivity index (χ3v) is 4.01. The molecule has 1 amide bonds. The molecule has 1 aromatic carbocycles. The number of phenolic OH excluding ortho intramolecular Hbond substituents is 1. The Bertz CT molecular complexity index is 517. The molecule has 1 aromatic rings. The third kappa shape index (κ3) is 4.03. The van der Waals surface area contributed by atoms with Crippen molar-refractivity contribution in [3.8, 4) is 5.75 Å². The van der Waals surface area contributed by atoms with Gasteiger partial charge in [0, 0.05) is 13.1 Å². The first-order chi connectivity index (χ1) is 9.78. The van der Waals surface area contributed by atoms with Crippen LogP contribution < -0.4 is 0 Å². The molecule has 2 rings (SSSR count). The summed E-state index contributed by atoms with van der Waals surface area (Å²) in [5.74, 6) is 0.382. The maximum Gasteiger partial charge on any atom is 0.410 e. The number of ether oxygens (including phenoxy) is 1. The summed E-state index contributed by atoms with van der Waals surface area (Å²) in [6, 6.07) is 5.33. The summed E-state index contributed by atoms with van der Waals surface area (Å²) in [4.78, 5) is 13.8. The average Bonchev–Trinajstić information content (AvgIpc) is 2.40. The Morgan fingerprint density at radius 3 is 2.52 bits per heavy atom. The maximum absolute atomic E-state index is 12.0. The minimum Gasteiger partial charge on any atom is -0.506 e. The molecule has 1 saturated heterocycles. The van der Waals surface area contributed by atoms with Crippen LogP contribution in [0.4, 0.5) is 4.79 Å². The number of nitrogens with zero attached hydrogens (tertiary/aromatic N) is 1. The first-order valence-electron chi connectivity index (χ1n) is 7.23. The van der Waals surface area contributed by atoms with Crippen molar-refractivity contribution in [2.24, 2.45) is 0 Å². The Labute approximate surface area is 130 Å². The topological polar surface area (TPSA) is 49.8 Å². The predicted molar refractivity (Wildman–Crippen MR) is 82.9 cm³/mol. The molecule has 1 N–H and O–H groups in total. The van der Waals surface area contributed by atoms with Crippen molar-refractivity contribution in [1.82, 2.24) is 4.90 Å². The SMILES string of the molecule is CC(C)(C)OC(=O)N1CCC(c2cccc(O)c2Cl)CC1. The molecule has 0 aromatic heterocycles. The van der Waals surface area contributed by atoms with Gasteiger partial charge in [-0.05, 0) is 51.2 Å². The van der Waals surface area contributed by atoms with Gasteiger partial charge in [0.15, 0.2) is 0 Å². The second-order valence-electron chi connectivity index (χ2n) is 6.42. The van der Waals surface area contributed by atoms with Crippen LogP contribution in [0.5, 0.6) is 5.75 Å². The predicted octanol–water partition coefficient (Wildman–Crippen LogP) is 4.16. The van der Waals surface area contributed by atoms with Gasteiger partial charge >= 0.3 is 6.09 Å². The zero-order valence-corrected chi connectivity index (χ0v) is 13.5. The van der Waals surface area contributed by atoms with Gasteiger partial charge < -0.3 is 14.7 Å². The summed E-state index contributed by atoms with van der Waals surface area (Å²) >= 11 is 6.16. The van der Waals surface area contributed by atoms with E-state index in [1.54, 1.807) is 17.0 Å². The second-order valence-corrected chi connectivity index (χ2v) is 6.80. The Balaban J connectivity index is 1.97. The lowest BCUT2D eigenvalue weighted by Gasteiger charge is -2.33. The van der Waals surface area contributed by atoms with Crippen molar-refractivity contribution < 1.29 is 14.6 Å². The van der Waals surface area contributed by atoms with Crippen LogP contribution in [0.1, 0.15) is 45.1 Å². The molecule has 21 heavy (non-hydrogen) atoms. The van der Waals surface area contributed by atoms with Crippen molar-refractivity contribution in [2.45, 2.75) is 45.1 Å². The van der Waals surface area contributed by atoms with Crippen LogP contribution in [0.25, 0.3) is 0 Å². The van der Waals surface area contributed by atoms with E-state index in [9.17, 15) is 9.90 Å². The highest BCUT2D eigenvalue weighted by Gasteiger charge is 2.28. The van der Waals surface area contributed by atoms with Crippen LogP contribution in [0.3, 0.4) is 0 Å². The molecule has 0 spiro atoms. The summed E-state index contributed by atoms with van der Waals surface area (Å²) in [6.45, 7) is 6.88. The first-order valence-corrected chi connectivity index (χ1v) is 7.61. The Morgan fingerprint density at radius 1 is 1.33 bits per heavy atom. The van der Waals surface area contributed by atoms with E-state index in [1.807, 2.05) is 26.8 Å². The van der Waals surface area contributed by atoms with E-state index in [-0.39, 0.29) is 17.8 Å². The van der Waals surface area contributed by atoms with E-state index in [0.29, 0.717) is 18.1 Å². The molecule has 1 heterocycles. The summed E-state index contributed by atoms with van der Waals surface area (Å²) in [5, 5.41) is 10.1. The maximum atomic E-state index is 12.0. The van der Waals surface area contributed by atoms with E-state index < -0.39 is 5.60 Å². The quantitative estimate of drug-likeness (QED) is 0.847. The van der Waals surface area contributed by atoms with Gasteiger partial charge in [0.05, 0.1) is 5.02 Å². The van der Waals surface area contributed by atoms with Crippen LogP contribution in [0, 0.1) is 0 Å². The lowest BCUT2D eigenvalue weighted by atomic mass is 9.89. The van der Waals surface area contributed by atoms with Crippen molar-refractivity contribution in [3.05, 3.63) is 28.8 Å². The van der Waals surface area contributed by atoms with E-state index in [0.717, 1.165) is 18.4 Å². The fraction of sp³-hybridized carbons (Fsp3) is 0.562. The normalized spacial score (nSPS) is 16.9. The van der Waals surface area contributed by atoms with E-state index in [4.69, 9.17) is 16.3 Å².